The number of ether oxygens (including phenoxy) is 2. The Balaban J connectivity index is 1.14. The summed E-state index contributed by atoms with van der Waals surface area (Å²) in [6, 6.07) is 25.1. The number of hydrogen-bond acceptors (Lipinski definition) is 4. The summed E-state index contributed by atoms with van der Waals surface area (Å²) in [5.74, 6) is 6.07. The van der Waals surface area contributed by atoms with Crippen LogP contribution in [0.1, 0.15) is 162 Å². The molecule has 4 aromatic rings. The second-order valence-corrected chi connectivity index (χ2v) is 17.9. The number of rotatable bonds is 18. The SMILES string of the molecule is CCCCCCCCCCCC[C@H]1CC[C@@H](C2CCC(c3cc(C)c(Oc4cccc(N)c4)c(C)c3)(c3cc(C)c(Oc4cccc(N)c4)c(C)c3)CC2)CC1. The lowest BCUT2D eigenvalue weighted by Crippen LogP contribution is -2.36. The molecule has 2 saturated carbocycles. The Kier molecular flexibility index (Phi) is 14.9. The normalized spacial score (nSPS) is 18.5. The van der Waals surface area contributed by atoms with E-state index in [0.29, 0.717) is 11.4 Å². The van der Waals surface area contributed by atoms with Crippen molar-refractivity contribution in [3.8, 4) is 23.0 Å². The van der Waals surface area contributed by atoms with Crippen LogP contribution in [0.25, 0.3) is 0 Å². The molecule has 0 aliphatic heterocycles. The lowest BCUT2D eigenvalue weighted by Gasteiger charge is -2.45. The molecule has 4 aromatic carbocycles. The molecule has 4 heteroatoms. The third-order valence-electron chi connectivity index (χ3n) is 13.6. The zero-order valence-electron chi connectivity index (χ0n) is 35.6. The maximum absolute atomic E-state index is 6.48. The van der Waals surface area contributed by atoms with Gasteiger partial charge in [0, 0.05) is 28.9 Å². The standard InChI is InChI=1S/C52H72N2O2/c1-6-7-8-9-10-11-12-13-14-15-18-41-23-25-42(26-24-41)43-27-29-52(30-28-43,44-31-37(2)50(38(3)32-44)55-48-21-16-19-46(53)35-48)45-33-39(4)51(40(5)34-45)56-49-22-17-20-47(54)36-49/h16-17,19-22,31-36,41-43H,6-15,18,23-30,53-54H2,1-5H3/t41-,42+. The van der Waals surface area contributed by atoms with E-state index in [4.69, 9.17) is 20.9 Å². The van der Waals surface area contributed by atoms with E-state index in [1.807, 2.05) is 48.5 Å². The number of unbranched alkanes of at least 4 members (excludes halogenated alkanes) is 9. The summed E-state index contributed by atoms with van der Waals surface area (Å²) in [7, 11) is 0. The summed E-state index contributed by atoms with van der Waals surface area (Å²) in [4.78, 5) is 0. The summed E-state index contributed by atoms with van der Waals surface area (Å²) >= 11 is 0. The molecule has 2 fully saturated rings. The van der Waals surface area contributed by atoms with E-state index in [1.165, 1.54) is 155 Å². The van der Waals surface area contributed by atoms with Crippen LogP contribution in [0.3, 0.4) is 0 Å². The fourth-order valence-electron chi connectivity index (χ4n) is 10.4. The van der Waals surface area contributed by atoms with Gasteiger partial charge >= 0.3 is 0 Å². The first-order chi connectivity index (χ1) is 27.1. The molecular weight excluding hydrogens is 685 g/mol. The minimum absolute atomic E-state index is 0.0698. The molecule has 56 heavy (non-hydrogen) atoms. The van der Waals surface area contributed by atoms with Crippen LogP contribution < -0.4 is 20.9 Å². The highest BCUT2D eigenvalue weighted by Crippen LogP contribution is 2.52. The van der Waals surface area contributed by atoms with Crippen LogP contribution in [0.2, 0.25) is 0 Å². The number of benzene rings is 4. The van der Waals surface area contributed by atoms with Gasteiger partial charge in [-0.05, 0) is 142 Å². The first kappa shape index (κ1) is 41.7. The number of hydrogen-bond donors (Lipinski definition) is 2. The Labute approximate surface area is 340 Å². The monoisotopic (exact) mass is 757 g/mol. The molecule has 302 valence electrons. The lowest BCUT2D eigenvalue weighted by molar-refractivity contribution is 0.140. The molecular formula is C52H72N2O2. The molecule has 0 saturated heterocycles. The average Bonchev–Trinajstić information content (AvgIpc) is 3.18. The molecule has 6 rings (SSSR count). The molecule has 4 N–H and O–H groups in total. The fourth-order valence-corrected chi connectivity index (χ4v) is 10.4. The van der Waals surface area contributed by atoms with Gasteiger partial charge in [-0.25, -0.2) is 0 Å². The summed E-state index contributed by atoms with van der Waals surface area (Å²) in [6.45, 7) is 11.1. The number of anilines is 2. The first-order valence-electron chi connectivity index (χ1n) is 22.5. The Morgan fingerprint density at radius 1 is 0.518 bits per heavy atom. The molecule has 0 amide bonds. The number of aryl methyl sites for hydroxylation is 4. The van der Waals surface area contributed by atoms with E-state index in [1.54, 1.807) is 0 Å². The molecule has 0 atom stereocenters. The van der Waals surface area contributed by atoms with Crippen LogP contribution in [0.5, 0.6) is 23.0 Å². The van der Waals surface area contributed by atoms with Gasteiger partial charge in [-0.15, -0.1) is 0 Å². The van der Waals surface area contributed by atoms with Gasteiger partial charge in [0.1, 0.15) is 23.0 Å². The second-order valence-electron chi connectivity index (χ2n) is 17.9. The largest absolute Gasteiger partial charge is 0.457 e. The molecule has 4 nitrogen and oxygen atoms in total. The van der Waals surface area contributed by atoms with Crippen molar-refractivity contribution >= 4 is 11.4 Å². The Hall–Kier alpha value is -3.92. The molecule has 2 aliphatic carbocycles. The molecule has 0 heterocycles. The first-order valence-corrected chi connectivity index (χ1v) is 22.5. The van der Waals surface area contributed by atoms with Crippen LogP contribution in [-0.4, -0.2) is 0 Å². The zero-order valence-corrected chi connectivity index (χ0v) is 35.6. The summed E-state index contributed by atoms with van der Waals surface area (Å²) in [5, 5.41) is 0. The van der Waals surface area contributed by atoms with Crippen molar-refractivity contribution in [2.24, 2.45) is 17.8 Å². The van der Waals surface area contributed by atoms with Crippen LogP contribution in [0, 0.1) is 45.4 Å². The molecule has 0 unspecified atom stereocenters. The quantitative estimate of drug-likeness (QED) is 0.0783. The summed E-state index contributed by atoms with van der Waals surface area (Å²) < 4.78 is 13.0. The van der Waals surface area contributed by atoms with E-state index >= 15 is 0 Å². The van der Waals surface area contributed by atoms with Crippen molar-refractivity contribution in [2.75, 3.05) is 11.5 Å². The van der Waals surface area contributed by atoms with Crippen molar-refractivity contribution in [3.05, 3.63) is 106 Å². The van der Waals surface area contributed by atoms with Gasteiger partial charge in [0.15, 0.2) is 0 Å². The van der Waals surface area contributed by atoms with Crippen molar-refractivity contribution in [1.82, 2.24) is 0 Å². The van der Waals surface area contributed by atoms with Crippen molar-refractivity contribution in [3.63, 3.8) is 0 Å². The maximum Gasteiger partial charge on any atom is 0.133 e. The van der Waals surface area contributed by atoms with E-state index in [0.717, 1.165) is 40.8 Å². The Morgan fingerprint density at radius 3 is 1.36 bits per heavy atom. The Morgan fingerprint density at radius 2 is 0.929 bits per heavy atom. The van der Waals surface area contributed by atoms with Crippen LogP contribution in [-0.2, 0) is 5.41 Å². The number of nitrogens with two attached hydrogens (primary N) is 2. The highest BCUT2D eigenvalue weighted by atomic mass is 16.5. The highest BCUT2D eigenvalue weighted by Gasteiger charge is 2.42. The van der Waals surface area contributed by atoms with Crippen LogP contribution in [0.15, 0.2) is 72.8 Å². The topological polar surface area (TPSA) is 70.5 Å². The third kappa shape index (κ3) is 10.7. The third-order valence-corrected chi connectivity index (χ3v) is 13.6. The Bertz CT molecular complexity index is 1690. The molecule has 0 aromatic heterocycles. The van der Waals surface area contributed by atoms with Gasteiger partial charge in [-0.2, -0.15) is 0 Å². The van der Waals surface area contributed by atoms with Crippen LogP contribution in [0.4, 0.5) is 11.4 Å². The van der Waals surface area contributed by atoms with Gasteiger partial charge in [0.05, 0.1) is 0 Å². The minimum atomic E-state index is -0.0698. The van der Waals surface area contributed by atoms with Crippen molar-refractivity contribution in [2.45, 2.75) is 162 Å². The number of nitrogen functional groups attached to an aromatic ring is 2. The van der Waals surface area contributed by atoms with Crippen molar-refractivity contribution in [1.29, 1.82) is 0 Å². The lowest BCUT2D eigenvalue weighted by atomic mass is 9.59. The summed E-state index contributed by atoms with van der Waals surface area (Å²) in [5.41, 5.74) is 21.0. The average molecular weight is 757 g/mol. The predicted octanol–water partition coefficient (Wildman–Crippen LogP) is 15.3. The van der Waals surface area contributed by atoms with E-state index < -0.39 is 0 Å². The second kappa shape index (κ2) is 20.0. The van der Waals surface area contributed by atoms with Gasteiger partial charge in [0.2, 0.25) is 0 Å². The molecule has 2 aliphatic rings. The maximum atomic E-state index is 6.48. The fraction of sp³-hybridized carbons (Fsp3) is 0.538. The minimum Gasteiger partial charge on any atom is -0.457 e. The molecule has 0 bridgehead atoms. The molecule has 0 spiro atoms. The van der Waals surface area contributed by atoms with Crippen LogP contribution >= 0.6 is 0 Å². The van der Waals surface area contributed by atoms with Gasteiger partial charge in [0.25, 0.3) is 0 Å². The predicted molar refractivity (Wildman–Crippen MR) is 238 cm³/mol. The summed E-state index contributed by atoms with van der Waals surface area (Å²) in [6.07, 6.45) is 26.4. The van der Waals surface area contributed by atoms with Gasteiger partial charge in [-0.1, -0.05) is 127 Å². The van der Waals surface area contributed by atoms with E-state index in [2.05, 4.69) is 58.9 Å². The van der Waals surface area contributed by atoms with Gasteiger partial charge < -0.3 is 20.9 Å². The van der Waals surface area contributed by atoms with E-state index in [-0.39, 0.29) is 5.41 Å². The zero-order chi connectivity index (χ0) is 39.5. The highest BCUT2D eigenvalue weighted by molar-refractivity contribution is 5.55. The molecule has 0 radical (unpaired) electrons. The van der Waals surface area contributed by atoms with Gasteiger partial charge in [-0.3, -0.25) is 0 Å². The smallest absolute Gasteiger partial charge is 0.133 e. The van der Waals surface area contributed by atoms with E-state index in [9.17, 15) is 0 Å². The van der Waals surface area contributed by atoms with Crippen molar-refractivity contribution < 1.29 is 9.47 Å².